The molecular formula is C12H14O3. The van der Waals surface area contributed by atoms with Gasteiger partial charge in [-0.05, 0) is 19.1 Å². The van der Waals surface area contributed by atoms with Crippen LogP contribution in [0.25, 0.3) is 11.0 Å². The van der Waals surface area contributed by atoms with Crippen molar-refractivity contribution in [3.8, 4) is 11.5 Å². The van der Waals surface area contributed by atoms with Gasteiger partial charge < -0.3 is 13.9 Å². The monoisotopic (exact) mass is 206 g/mol. The lowest BCUT2D eigenvalue weighted by Crippen LogP contribution is -1.92. The maximum atomic E-state index is 5.46. The zero-order chi connectivity index (χ0) is 10.8. The SMILES string of the molecule is CC.Cc1cc2cc3c(cc2o1)OCO3. The lowest BCUT2D eigenvalue weighted by molar-refractivity contribution is 0.174. The molecule has 0 bridgehead atoms. The van der Waals surface area contributed by atoms with Gasteiger partial charge in [-0.3, -0.25) is 0 Å². The molecule has 1 aromatic heterocycles. The highest BCUT2D eigenvalue weighted by atomic mass is 16.7. The Bertz CT molecular complexity index is 430. The molecular weight excluding hydrogens is 192 g/mol. The number of benzene rings is 1. The summed E-state index contributed by atoms with van der Waals surface area (Å²) in [5.41, 5.74) is 0.849. The minimum absolute atomic E-state index is 0.306. The van der Waals surface area contributed by atoms with Crippen molar-refractivity contribution in [1.82, 2.24) is 0 Å². The third-order valence-corrected chi connectivity index (χ3v) is 2.13. The summed E-state index contributed by atoms with van der Waals surface area (Å²) in [5.74, 6) is 2.47. The number of rotatable bonds is 0. The highest BCUT2D eigenvalue weighted by Crippen LogP contribution is 2.36. The van der Waals surface area contributed by atoms with Crippen LogP contribution in [0.5, 0.6) is 11.5 Å². The molecule has 1 aromatic carbocycles. The molecule has 0 unspecified atom stereocenters. The van der Waals surface area contributed by atoms with Crippen molar-refractivity contribution < 1.29 is 13.9 Å². The Morgan fingerprint density at radius 1 is 1.00 bits per heavy atom. The van der Waals surface area contributed by atoms with Crippen molar-refractivity contribution in [2.75, 3.05) is 6.79 Å². The standard InChI is InChI=1S/C10H8O3.C2H6/c1-6-2-7-3-9-10(12-5-11-9)4-8(7)13-6;1-2/h2-4H,5H2,1H3;1-2H3. The molecule has 80 valence electrons. The van der Waals surface area contributed by atoms with Gasteiger partial charge >= 0.3 is 0 Å². The molecule has 0 fully saturated rings. The third-order valence-electron chi connectivity index (χ3n) is 2.13. The van der Waals surface area contributed by atoms with E-state index in [2.05, 4.69) is 0 Å². The van der Waals surface area contributed by atoms with E-state index in [-0.39, 0.29) is 0 Å². The van der Waals surface area contributed by atoms with E-state index < -0.39 is 0 Å². The maximum absolute atomic E-state index is 5.46. The molecule has 1 aliphatic rings. The van der Waals surface area contributed by atoms with Crippen molar-refractivity contribution in [2.45, 2.75) is 20.8 Å². The Balaban J connectivity index is 0.000000404. The third kappa shape index (κ3) is 1.65. The second kappa shape index (κ2) is 3.85. The van der Waals surface area contributed by atoms with E-state index >= 15 is 0 Å². The summed E-state index contributed by atoms with van der Waals surface area (Å²) in [4.78, 5) is 0. The van der Waals surface area contributed by atoms with Crippen molar-refractivity contribution >= 4 is 11.0 Å². The Kier molecular flexibility index (Phi) is 2.54. The van der Waals surface area contributed by atoms with Gasteiger partial charge in [-0.1, -0.05) is 13.8 Å². The van der Waals surface area contributed by atoms with Gasteiger partial charge in [0.25, 0.3) is 0 Å². The lowest BCUT2D eigenvalue weighted by Gasteiger charge is -1.93. The first kappa shape index (κ1) is 9.90. The van der Waals surface area contributed by atoms with Gasteiger partial charge in [-0.25, -0.2) is 0 Å². The summed E-state index contributed by atoms with van der Waals surface area (Å²) in [6.07, 6.45) is 0. The van der Waals surface area contributed by atoms with Crippen LogP contribution in [0.4, 0.5) is 0 Å². The molecule has 0 atom stereocenters. The molecule has 1 aliphatic heterocycles. The average molecular weight is 206 g/mol. The molecule has 0 amide bonds. The zero-order valence-corrected chi connectivity index (χ0v) is 9.16. The van der Waals surface area contributed by atoms with E-state index in [1.165, 1.54) is 0 Å². The fourth-order valence-corrected chi connectivity index (χ4v) is 1.56. The summed E-state index contributed by atoms with van der Waals surface area (Å²) >= 11 is 0. The molecule has 0 aliphatic carbocycles. The molecule has 3 heteroatoms. The van der Waals surface area contributed by atoms with E-state index in [0.717, 1.165) is 28.2 Å². The molecule has 2 aromatic rings. The van der Waals surface area contributed by atoms with Crippen molar-refractivity contribution in [2.24, 2.45) is 0 Å². The van der Waals surface area contributed by atoms with Crippen LogP contribution in [0.15, 0.2) is 22.6 Å². The minimum atomic E-state index is 0.306. The van der Waals surface area contributed by atoms with Gasteiger partial charge in [-0.2, -0.15) is 0 Å². The smallest absolute Gasteiger partial charge is 0.231 e. The van der Waals surface area contributed by atoms with Gasteiger partial charge in [0, 0.05) is 11.5 Å². The fourth-order valence-electron chi connectivity index (χ4n) is 1.56. The Morgan fingerprint density at radius 2 is 1.67 bits per heavy atom. The number of fused-ring (bicyclic) bond motifs is 2. The van der Waals surface area contributed by atoms with E-state index in [4.69, 9.17) is 13.9 Å². The van der Waals surface area contributed by atoms with Gasteiger partial charge in [0.05, 0.1) is 0 Å². The van der Waals surface area contributed by atoms with Gasteiger partial charge in [-0.15, -0.1) is 0 Å². The Labute approximate surface area is 88.6 Å². The molecule has 0 saturated carbocycles. The highest BCUT2D eigenvalue weighted by Gasteiger charge is 2.15. The van der Waals surface area contributed by atoms with Crippen LogP contribution in [-0.4, -0.2) is 6.79 Å². The van der Waals surface area contributed by atoms with Crippen LogP contribution in [0.3, 0.4) is 0 Å². The van der Waals surface area contributed by atoms with E-state index in [9.17, 15) is 0 Å². The van der Waals surface area contributed by atoms with E-state index in [1.807, 2.05) is 39.0 Å². The molecule has 3 rings (SSSR count). The summed E-state index contributed by atoms with van der Waals surface area (Å²) in [6, 6.07) is 5.79. The number of furan rings is 1. The first-order valence-electron chi connectivity index (χ1n) is 5.13. The number of hydrogen-bond acceptors (Lipinski definition) is 3. The number of ether oxygens (including phenoxy) is 2. The molecule has 2 heterocycles. The van der Waals surface area contributed by atoms with E-state index in [1.54, 1.807) is 0 Å². The molecule has 0 spiro atoms. The van der Waals surface area contributed by atoms with E-state index in [0.29, 0.717) is 6.79 Å². The number of aryl methyl sites for hydroxylation is 1. The van der Waals surface area contributed by atoms with Gasteiger partial charge in [0.15, 0.2) is 11.5 Å². The molecule has 0 radical (unpaired) electrons. The van der Waals surface area contributed by atoms with Gasteiger partial charge in [0.2, 0.25) is 6.79 Å². The predicted molar refractivity (Wildman–Crippen MR) is 58.4 cm³/mol. The summed E-state index contributed by atoms with van der Waals surface area (Å²) in [6.45, 7) is 6.23. The second-order valence-corrected chi connectivity index (χ2v) is 3.10. The maximum Gasteiger partial charge on any atom is 0.231 e. The van der Waals surface area contributed by atoms with Crippen LogP contribution < -0.4 is 9.47 Å². The molecule has 15 heavy (non-hydrogen) atoms. The average Bonchev–Trinajstić information content (AvgIpc) is 2.81. The number of hydrogen-bond donors (Lipinski definition) is 0. The predicted octanol–water partition coefficient (Wildman–Crippen LogP) is 3.50. The second-order valence-electron chi connectivity index (χ2n) is 3.10. The van der Waals surface area contributed by atoms with Crippen molar-refractivity contribution in [1.29, 1.82) is 0 Å². The van der Waals surface area contributed by atoms with Gasteiger partial charge in [0.1, 0.15) is 11.3 Å². The van der Waals surface area contributed by atoms with Crippen molar-refractivity contribution in [3.05, 3.63) is 24.0 Å². The first-order chi connectivity index (χ1) is 7.33. The Hall–Kier alpha value is -1.64. The summed E-state index contributed by atoms with van der Waals surface area (Å²) in [7, 11) is 0. The molecule has 0 saturated heterocycles. The van der Waals surface area contributed by atoms with Crippen LogP contribution in [0.1, 0.15) is 19.6 Å². The summed E-state index contributed by atoms with van der Waals surface area (Å²) in [5, 5.41) is 1.06. The lowest BCUT2D eigenvalue weighted by atomic mass is 10.2. The van der Waals surface area contributed by atoms with Crippen LogP contribution in [0, 0.1) is 6.92 Å². The highest BCUT2D eigenvalue weighted by molar-refractivity contribution is 5.82. The topological polar surface area (TPSA) is 31.6 Å². The normalized spacial score (nSPS) is 12.5. The quantitative estimate of drug-likeness (QED) is 0.661. The van der Waals surface area contributed by atoms with Crippen LogP contribution >= 0.6 is 0 Å². The summed E-state index contributed by atoms with van der Waals surface area (Å²) < 4.78 is 15.9. The largest absolute Gasteiger partial charge is 0.461 e. The van der Waals surface area contributed by atoms with Crippen LogP contribution in [-0.2, 0) is 0 Å². The molecule has 0 N–H and O–H groups in total. The molecule has 3 nitrogen and oxygen atoms in total. The first-order valence-corrected chi connectivity index (χ1v) is 5.13. The fraction of sp³-hybridized carbons (Fsp3) is 0.333. The Morgan fingerprint density at radius 3 is 2.40 bits per heavy atom. The zero-order valence-electron chi connectivity index (χ0n) is 9.16. The minimum Gasteiger partial charge on any atom is -0.461 e. The van der Waals surface area contributed by atoms with Crippen molar-refractivity contribution in [3.63, 3.8) is 0 Å². The van der Waals surface area contributed by atoms with Crippen LogP contribution in [0.2, 0.25) is 0 Å².